The van der Waals surface area contributed by atoms with Gasteiger partial charge < -0.3 is 39.1 Å². The Kier molecular flexibility index (Phi) is 8.70. The van der Waals surface area contributed by atoms with E-state index in [2.05, 4.69) is 34.6 Å². The Bertz CT molecular complexity index is 1260. The molecule has 6 rings (SSSR count). The van der Waals surface area contributed by atoms with Crippen LogP contribution in [0.4, 0.5) is 0 Å². The predicted molar refractivity (Wildman–Crippen MR) is 171 cm³/mol. The molecule has 0 aromatic carbocycles. The van der Waals surface area contributed by atoms with Crippen LogP contribution in [-0.4, -0.2) is 89.0 Å². The van der Waals surface area contributed by atoms with Gasteiger partial charge in [0.05, 0.1) is 30.0 Å². The molecular weight excluding hydrogens is 604 g/mol. The highest BCUT2D eigenvalue weighted by Gasteiger charge is 2.84. The number of carbonyl (C=O) groups excluding carboxylic acids is 3. The van der Waals surface area contributed by atoms with E-state index in [1.165, 1.54) is 6.92 Å². The van der Waals surface area contributed by atoms with E-state index in [9.17, 15) is 29.7 Å². The molecule has 6 aliphatic rings. The maximum atomic E-state index is 12.5. The van der Waals surface area contributed by atoms with Crippen LogP contribution in [0.15, 0.2) is 0 Å². The molecule has 10 nitrogen and oxygen atoms in total. The molecule has 1 saturated heterocycles. The molecule has 1 heterocycles. The molecule has 0 aromatic rings. The second kappa shape index (κ2) is 11.6. The Morgan fingerprint density at radius 3 is 2.32 bits per heavy atom. The summed E-state index contributed by atoms with van der Waals surface area (Å²) >= 11 is 0. The van der Waals surface area contributed by atoms with E-state index in [1.54, 1.807) is 13.8 Å². The first-order valence-corrected chi connectivity index (χ1v) is 17.9. The largest absolute Gasteiger partial charge is 0.457 e. The fraction of sp³-hybridized carbons (Fsp3) is 0.919. The van der Waals surface area contributed by atoms with Crippen LogP contribution < -0.4 is 0 Å². The number of ketones is 1. The van der Waals surface area contributed by atoms with Gasteiger partial charge in [0.2, 0.25) is 12.1 Å². The standard InChI is InChI=1S/C37H58O10/c1-20-17-23(30(33(5,6)43)45-21(2)40)46-28-27(20)34(7)13-14-37-19-36(37)12-11-26(47-31(22(41)18-39)44-16-15-38)32(3,4)24(36)9-10-25(37)35(34,8)29(28)42/h15,20,23-31,39,42-43H,9-14,16-19H2,1-8H3/t20-,23-,24+,25+,26+,27+,28+,29+,30+,31+,34-,35-,36-,37+/m1/s1. The van der Waals surface area contributed by atoms with Crippen LogP contribution >= 0.6 is 0 Å². The fourth-order valence-electron chi connectivity index (χ4n) is 13.2. The van der Waals surface area contributed by atoms with Crippen molar-refractivity contribution in [3.63, 3.8) is 0 Å². The van der Waals surface area contributed by atoms with Gasteiger partial charge in [-0.25, -0.2) is 0 Å². The SMILES string of the molecule is CC(=O)O[C@@H]([C@H]1C[C@@H](C)[C@H]2[C@H](O1)[C@H](O)[C@@]1(C)[C@@H]3CC[C@H]4C(C)(C)[C@@H](O[C@H](OCC=O)C(=O)CO)CC[C@@]45C[C@@]35CC[C@]21C)C(C)(C)O. The molecule has 5 aliphatic carbocycles. The van der Waals surface area contributed by atoms with Crippen LogP contribution in [-0.2, 0) is 33.3 Å². The van der Waals surface area contributed by atoms with Crippen LogP contribution in [0.2, 0.25) is 0 Å². The third-order valence-electron chi connectivity index (χ3n) is 15.1. The zero-order valence-corrected chi connectivity index (χ0v) is 29.6. The number of rotatable bonds is 10. The lowest BCUT2D eigenvalue weighted by atomic mass is 9.41. The summed E-state index contributed by atoms with van der Waals surface area (Å²) in [4.78, 5) is 35.5. The number of aliphatic hydroxyl groups is 3. The molecule has 10 heteroatoms. The second-order valence-electron chi connectivity index (χ2n) is 17.8. The molecule has 266 valence electrons. The van der Waals surface area contributed by atoms with E-state index in [4.69, 9.17) is 18.9 Å². The van der Waals surface area contributed by atoms with Crippen LogP contribution in [0.1, 0.15) is 107 Å². The molecule has 1 aliphatic heterocycles. The molecule has 6 fully saturated rings. The molecule has 5 saturated carbocycles. The fourth-order valence-corrected chi connectivity index (χ4v) is 13.2. The Hall–Kier alpha value is -1.43. The number of aldehydes is 1. The molecule has 0 amide bonds. The van der Waals surface area contributed by atoms with Crippen molar-refractivity contribution in [2.24, 2.45) is 50.7 Å². The quantitative estimate of drug-likeness (QED) is 0.178. The summed E-state index contributed by atoms with van der Waals surface area (Å²) in [6, 6.07) is 0. The van der Waals surface area contributed by atoms with Gasteiger partial charge >= 0.3 is 5.97 Å². The molecule has 47 heavy (non-hydrogen) atoms. The Balaban J connectivity index is 1.27. The van der Waals surface area contributed by atoms with Crippen LogP contribution in [0.3, 0.4) is 0 Å². The first-order valence-electron chi connectivity index (χ1n) is 17.9. The van der Waals surface area contributed by atoms with Gasteiger partial charge in [-0.3, -0.25) is 9.59 Å². The van der Waals surface area contributed by atoms with Gasteiger partial charge in [0, 0.05) is 12.3 Å². The van der Waals surface area contributed by atoms with Crippen LogP contribution in [0, 0.1) is 50.7 Å². The topological polar surface area (TPSA) is 149 Å². The van der Waals surface area contributed by atoms with Gasteiger partial charge in [-0.05, 0) is 111 Å². The van der Waals surface area contributed by atoms with Crippen molar-refractivity contribution in [1.29, 1.82) is 0 Å². The summed E-state index contributed by atoms with van der Waals surface area (Å²) in [7, 11) is 0. The van der Waals surface area contributed by atoms with E-state index in [0.29, 0.717) is 24.5 Å². The van der Waals surface area contributed by atoms with Crippen molar-refractivity contribution >= 4 is 18.0 Å². The molecular formula is C37H58O10. The Morgan fingerprint density at radius 1 is 1.04 bits per heavy atom. The molecule has 2 spiro atoms. The minimum absolute atomic E-state index is 0.116. The van der Waals surface area contributed by atoms with Crippen molar-refractivity contribution in [2.45, 2.75) is 149 Å². The normalized spacial score (nSPS) is 47.6. The highest BCUT2D eigenvalue weighted by atomic mass is 16.7. The summed E-state index contributed by atoms with van der Waals surface area (Å²) in [5, 5.41) is 33.0. The molecule has 0 unspecified atom stereocenters. The van der Waals surface area contributed by atoms with E-state index in [1.807, 2.05) is 0 Å². The third kappa shape index (κ3) is 4.89. The molecule has 3 N–H and O–H groups in total. The average Bonchev–Trinajstić information content (AvgIpc) is 3.62. The Morgan fingerprint density at radius 2 is 1.70 bits per heavy atom. The van der Waals surface area contributed by atoms with Crippen molar-refractivity contribution < 1.29 is 48.7 Å². The first-order chi connectivity index (χ1) is 21.9. The highest BCUT2D eigenvalue weighted by molar-refractivity contribution is 5.83. The summed E-state index contributed by atoms with van der Waals surface area (Å²) in [6.07, 6.45) is 4.24. The zero-order valence-electron chi connectivity index (χ0n) is 29.6. The summed E-state index contributed by atoms with van der Waals surface area (Å²) in [5.74, 6) is 0.0146. The number of aliphatic hydroxyl groups excluding tert-OH is 2. The number of ether oxygens (including phenoxy) is 4. The summed E-state index contributed by atoms with van der Waals surface area (Å²) in [6.45, 7) is 15.1. The van der Waals surface area contributed by atoms with Gasteiger partial charge in [0.25, 0.3) is 0 Å². The van der Waals surface area contributed by atoms with E-state index >= 15 is 0 Å². The minimum Gasteiger partial charge on any atom is -0.457 e. The number of hydrogen-bond donors (Lipinski definition) is 3. The number of fused-ring (bicyclic) bond motifs is 4. The number of hydrogen-bond acceptors (Lipinski definition) is 10. The molecule has 14 atom stereocenters. The average molecular weight is 663 g/mol. The summed E-state index contributed by atoms with van der Waals surface area (Å²) < 4.78 is 24.2. The minimum atomic E-state index is -1.29. The second-order valence-corrected chi connectivity index (χ2v) is 17.8. The Labute approximate surface area is 279 Å². The van der Waals surface area contributed by atoms with Crippen molar-refractivity contribution in [3.05, 3.63) is 0 Å². The van der Waals surface area contributed by atoms with E-state index < -0.39 is 54.7 Å². The highest BCUT2D eigenvalue weighted by Crippen LogP contribution is 2.89. The lowest BCUT2D eigenvalue weighted by Gasteiger charge is -2.63. The molecule has 0 radical (unpaired) electrons. The monoisotopic (exact) mass is 662 g/mol. The lowest BCUT2D eigenvalue weighted by molar-refractivity contribution is -0.229. The zero-order chi connectivity index (χ0) is 34.5. The van der Waals surface area contributed by atoms with E-state index in [-0.39, 0.29) is 51.6 Å². The van der Waals surface area contributed by atoms with Gasteiger partial charge in [0.1, 0.15) is 19.5 Å². The predicted octanol–water partition coefficient (Wildman–Crippen LogP) is 3.99. The maximum Gasteiger partial charge on any atom is 0.303 e. The number of carbonyl (C=O) groups is 3. The van der Waals surface area contributed by atoms with E-state index in [0.717, 1.165) is 44.9 Å². The van der Waals surface area contributed by atoms with Crippen molar-refractivity contribution in [2.75, 3.05) is 13.2 Å². The summed E-state index contributed by atoms with van der Waals surface area (Å²) in [5.41, 5.74) is -1.81. The van der Waals surface area contributed by atoms with Crippen LogP contribution in [0.25, 0.3) is 0 Å². The third-order valence-corrected chi connectivity index (χ3v) is 15.1. The van der Waals surface area contributed by atoms with Gasteiger partial charge in [-0.1, -0.05) is 34.6 Å². The molecule has 0 bridgehead atoms. The maximum absolute atomic E-state index is 12.5. The first kappa shape index (κ1) is 35.4. The number of Topliss-reactive ketones (excluding diaryl/α,β-unsaturated/α-hetero) is 1. The van der Waals surface area contributed by atoms with Crippen molar-refractivity contribution in [3.8, 4) is 0 Å². The smallest absolute Gasteiger partial charge is 0.303 e. The number of esters is 1. The molecule has 0 aromatic heterocycles. The van der Waals surface area contributed by atoms with Gasteiger partial charge in [-0.2, -0.15) is 0 Å². The van der Waals surface area contributed by atoms with Gasteiger partial charge in [0.15, 0.2) is 6.10 Å². The lowest BCUT2D eigenvalue weighted by Crippen LogP contribution is -2.60. The van der Waals surface area contributed by atoms with Crippen LogP contribution in [0.5, 0.6) is 0 Å². The van der Waals surface area contributed by atoms with Crippen molar-refractivity contribution in [1.82, 2.24) is 0 Å². The van der Waals surface area contributed by atoms with Gasteiger partial charge in [-0.15, -0.1) is 0 Å².